The Kier molecular flexibility index (Phi) is 1.83. The Bertz CT molecular complexity index is 272. The number of aromatic nitrogens is 1. The topological polar surface area (TPSA) is 36.7 Å². The first kappa shape index (κ1) is 6.97. The number of hydrogen-bond acceptors (Lipinski definition) is 2. The Morgan fingerprint density at radius 1 is 1.70 bits per heavy atom. The van der Waals surface area contributed by atoms with Crippen molar-refractivity contribution in [2.24, 2.45) is 0 Å². The summed E-state index contributed by atoms with van der Waals surface area (Å²) in [6.45, 7) is 0. The second-order valence-electron chi connectivity index (χ2n) is 1.57. The number of pyridine rings is 1. The first-order chi connectivity index (χ1) is 4.75. The van der Waals surface area contributed by atoms with Gasteiger partial charge in [0.15, 0.2) is 0 Å². The molecule has 0 unspecified atom stereocenters. The van der Waals surface area contributed by atoms with Crippen molar-refractivity contribution in [3.05, 3.63) is 28.8 Å². The van der Waals surface area contributed by atoms with Gasteiger partial charge in [0.05, 0.1) is 5.02 Å². The summed E-state index contributed by atoms with van der Waals surface area (Å²) >= 11 is 5.43. The maximum Gasteiger partial charge on any atom is 0.232 e. The van der Waals surface area contributed by atoms with Crippen LogP contribution in [-0.4, -0.2) is 4.98 Å². The van der Waals surface area contributed by atoms with Gasteiger partial charge in [0.1, 0.15) is 11.6 Å². The Balaban J connectivity index is 3.34. The number of rotatable bonds is 0. The summed E-state index contributed by atoms with van der Waals surface area (Å²) in [4.78, 5) is 3.24. The van der Waals surface area contributed by atoms with Crippen LogP contribution in [0.25, 0.3) is 0 Å². The molecule has 1 aromatic rings. The lowest BCUT2D eigenvalue weighted by atomic mass is 10.3. The third-order valence-corrected chi connectivity index (χ3v) is 1.28. The molecule has 0 saturated heterocycles. The van der Waals surface area contributed by atoms with Crippen LogP contribution in [0.15, 0.2) is 12.3 Å². The number of nitriles is 1. The van der Waals surface area contributed by atoms with E-state index in [9.17, 15) is 4.39 Å². The van der Waals surface area contributed by atoms with Crippen molar-refractivity contribution in [3.63, 3.8) is 0 Å². The minimum atomic E-state index is -0.824. The Hall–Kier alpha value is -1.14. The fraction of sp³-hybridized carbons (Fsp3) is 0. The van der Waals surface area contributed by atoms with E-state index in [1.165, 1.54) is 12.3 Å². The van der Waals surface area contributed by atoms with E-state index in [2.05, 4.69) is 4.98 Å². The summed E-state index contributed by atoms with van der Waals surface area (Å²) in [6, 6.07) is 2.96. The van der Waals surface area contributed by atoms with Gasteiger partial charge in [-0.1, -0.05) is 11.6 Å². The van der Waals surface area contributed by atoms with Crippen molar-refractivity contribution in [3.8, 4) is 6.07 Å². The highest BCUT2D eigenvalue weighted by Crippen LogP contribution is 2.14. The summed E-state index contributed by atoms with van der Waals surface area (Å²) in [5.74, 6) is -0.824. The zero-order valence-corrected chi connectivity index (χ0v) is 5.56. The molecule has 0 aliphatic carbocycles. The summed E-state index contributed by atoms with van der Waals surface area (Å²) in [5.41, 5.74) is -0.204. The van der Waals surface area contributed by atoms with Crippen LogP contribution in [0, 0.1) is 17.3 Å². The zero-order chi connectivity index (χ0) is 7.56. The van der Waals surface area contributed by atoms with Gasteiger partial charge in [0, 0.05) is 6.20 Å². The predicted molar refractivity (Wildman–Crippen MR) is 33.9 cm³/mol. The molecule has 0 fully saturated rings. The van der Waals surface area contributed by atoms with E-state index in [0.717, 1.165) is 0 Å². The standard InChI is InChI=1S/C6H2ClFN2/c7-5-1-2-10-6(8)4(5)3-9/h1-2H. The maximum absolute atomic E-state index is 12.4. The van der Waals surface area contributed by atoms with E-state index in [4.69, 9.17) is 16.9 Å². The van der Waals surface area contributed by atoms with Gasteiger partial charge in [-0.3, -0.25) is 0 Å². The van der Waals surface area contributed by atoms with Crippen LogP contribution < -0.4 is 0 Å². The highest BCUT2D eigenvalue weighted by atomic mass is 35.5. The van der Waals surface area contributed by atoms with Gasteiger partial charge in [0.25, 0.3) is 0 Å². The third kappa shape index (κ3) is 1.07. The molecule has 4 heteroatoms. The van der Waals surface area contributed by atoms with Crippen LogP contribution in [0.3, 0.4) is 0 Å². The Labute approximate surface area is 61.9 Å². The second-order valence-corrected chi connectivity index (χ2v) is 1.98. The molecule has 0 atom stereocenters. The second kappa shape index (κ2) is 2.63. The monoisotopic (exact) mass is 156 g/mol. The molecule has 0 aromatic carbocycles. The van der Waals surface area contributed by atoms with E-state index < -0.39 is 5.95 Å². The van der Waals surface area contributed by atoms with Gasteiger partial charge in [-0.25, -0.2) is 4.98 Å². The van der Waals surface area contributed by atoms with Gasteiger partial charge in [0.2, 0.25) is 5.95 Å². The van der Waals surface area contributed by atoms with Crippen molar-refractivity contribution < 1.29 is 4.39 Å². The molecule has 2 nitrogen and oxygen atoms in total. The van der Waals surface area contributed by atoms with Gasteiger partial charge in [-0.15, -0.1) is 0 Å². The van der Waals surface area contributed by atoms with Crippen molar-refractivity contribution in [2.75, 3.05) is 0 Å². The SMILES string of the molecule is N#Cc1c(Cl)ccnc1F. The molecule has 0 amide bonds. The fourth-order valence-corrected chi connectivity index (χ4v) is 0.691. The van der Waals surface area contributed by atoms with E-state index in [1.807, 2.05) is 0 Å². The predicted octanol–water partition coefficient (Wildman–Crippen LogP) is 1.75. The van der Waals surface area contributed by atoms with E-state index in [-0.39, 0.29) is 10.6 Å². The first-order valence-corrected chi connectivity index (χ1v) is 2.83. The molecule has 0 aliphatic heterocycles. The average molecular weight is 157 g/mol. The van der Waals surface area contributed by atoms with Crippen molar-refractivity contribution in [2.45, 2.75) is 0 Å². The molecule has 0 N–H and O–H groups in total. The lowest BCUT2D eigenvalue weighted by Gasteiger charge is -1.91. The largest absolute Gasteiger partial charge is 0.232 e. The summed E-state index contributed by atoms with van der Waals surface area (Å²) < 4.78 is 12.4. The molecular weight excluding hydrogens is 155 g/mol. The van der Waals surface area contributed by atoms with Gasteiger partial charge in [-0.05, 0) is 6.07 Å². The lowest BCUT2D eigenvalue weighted by Crippen LogP contribution is -1.87. The maximum atomic E-state index is 12.4. The van der Waals surface area contributed by atoms with Crippen LogP contribution in [0.4, 0.5) is 4.39 Å². The molecule has 10 heavy (non-hydrogen) atoms. The molecule has 0 spiro atoms. The van der Waals surface area contributed by atoms with Crippen LogP contribution in [0.5, 0.6) is 0 Å². The zero-order valence-electron chi connectivity index (χ0n) is 4.81. The molecule has 1 rings (SSSR count). The summed E-state index contributed by atoms with van der Waals surface area (Å²) in [6.07, 6.45) is 1.21. The molecule has 0 bridgehead atoms. The molecule has 1 aromatic heterocycles. The van der Waals surface area contributed by atoms with Crippen LogP contribution in [0.2, 0.25) is 5.02 Å². The fourth-order valence-electron chi connectivity index (χ4n) is 0.514. The van der Waals surface area contributed by atoms with E-state index >= 15 is 0 Å². The molecule has 0 aliphatic rings. The van der Waals surface area contributed by atoms with Crippen molar-refractivity contribution >= 4 is 11.6 Å². The molecule has 1 heterocycles. The number of halogens is 2. The number of nitrogens with zero attached hydrogens (tertiary/aromatic N) is 2. The normalized spacial score (nSPS) is 8.90. The molecule has 0 radical (unpaired) electrons. The number of hydrogen-bond donors (Lipinski definition) is 0. The minimum absolute atomic E-state index is 0.0926. The van der Waals surface area contributed by atoms with Gasteiger partial charge in [-0.2, -0.15) is 9.65 Å². The average Bonchev–Trinajstić information content (AvgIpc) is 1.88. The first-order valence-electron chi connectivity index (χ1n) is 2.46. The van der Waals surface area contributed by atoms with Crippen molar-refractivity contribution in [1.29, 1.82) is 5.26 Å². The van der Waals surface area contributed by atoms with Gasteiger partial charge >= 0.3 is 0 Å². The summed E-state index contributed by atoms with van der Waals surface area (Å²) in [7, 11) is 0. The Morgan fingerprint density at radius 2 is 2.40 bits per heavy atom. The highest BCUT2D eigenvalue weighted by molar-refractivity contribution is 6.31. The van der Waals surface area contributed by atoms with Crippen LogP contribution >= 0.6 is 11.6 Å². The van der Waals surface area contributed by atoms with E-state index in [0.29, 0.717) is 0 Å². The molecular formula is C6H2ClFN2. The smallest absolute Gasteiger partial charge is 0.227 e. The third-order valence-electron chi connectivity index (χ3n) is 0.966. The minimum Gasteiger partial charge on any atom is -0.227 e. The van der Waals surface area contributed by atoms with Crippen molar-refractivity contribution in [1.82, 2.24) is 4.98 Å². The highest BCUT2D eigenvalue weighted by Gasteiger charge is 2.05. The molecule has 0 saturated carbocycles. The van der Waals surface area contributed by atoms with E-state index in [1.54, 1.807) is 6.07 Å². The lowest BCUT2D eigenvalue weighted by molar-refractivity contribution is 0.580. The quantitative estimate of drug-likeness (QED) is 0.537. The van der Waals surface area contributed by atoms with Gasteiger partial charge < -0.3 is 0 Å². The molecule has 50 valence electrons. The van der Waals surface area contributed by atoms with Crippen LogP contribution in [0.1, 0.15) is 5.56 Å². The Morgan fingerprint density at radius 3 is 2.80 bits per heavy atom. The van der Waals surface area contributed by atoms with Crippen LogP contribution in [-0.2, 0) is 0 Å². The summed E-state index contributed by atoms with van der Waals surface area (Å²) in [5, 5.41) is 8.38.